The Hall–Kier alpha value is -2.16. The largest absolute Gasteiger partial charge is 0.400 e. The molecular formula is C26H30OSi. The van der Waals surface area contributed by atoms with Crippen LogP contribution in [-0.4, -0.2) is 8.32 Å². The van der Waals surface area contributed by atoms with E-state index in [2.05, 4.69) is 106 Å². The SMILES string of the molecule is CC(C)(C)[Si](OC1CCCc2ccccc21)(c1ccccc1)c1ccccc1. The molecule has 28 heavy (non-hydrogen) atoms. The van der Waals surface area contributed by atoms with Gasteiger partial charge in [-0.1, -0.05) is 106 Å². The Labute approximate surface area is 170 Å². The molecule has 0 amide bonds. The summed E-state index contributed by atoms with van der Waals surface area (Å²) in [5.74, 6) is 0. The quantitative estimate of drug-likeness (QED) is 0.527. The van der Waals surface area contributed by atoms with Crippen LogP contribution in [0.5, 0.6) is 0 Å². The zero-order valence-electron chi connectivity index (χ0n) is 17.2. The van der Waals surface area contributed by atoms with Crippen molar-refractivity contribution in [2.24, 2.45) is 0 Å². The number of hydrogen-bond donors (Lipinski definition) is 0. The summed E-state index contributed by atoms with van der Waals surface area (Å²) in [6.07, 6.45) is 3.62. The monoisotopic (exact) mass is 386 g/mol. The second-order valence-electron chi connectivity index (χ2n) is 8.86. The fraction of sp³-hybridized carbons (Fsp3) is 0.308. The van der Waals surface area contributed by atoms with E-state index in [9.17, 15) is 0 Å². The van der Waals surface area contributed by atoms with Crippen molar-refractivity contribution in [2.45, 2.75) is 51.2 Å². The van der Waals surface area contributed by atoms with Crippen molar-refractivity contribution in [1.82, 2.24) is 0 Å². The minimum atomic E-state index is -2.51. The Balaban J connectivity index is 1.89. The highest BCUT2D eigenvalue weighted by Gasteiger charge is 2.51. The van der Waals surface area contributed by atoms with Crippen LogP contribution in [0.2, 0.25) is 5.04 Å². The van der Waals surface area contributed by atoms with Gasteiger partial charge in [0.25, 0.3) is 8.32 Å². The predicted molar refractivity (Wildman–Crippen MR) is 121 cm³/mol. The van der Waals surface area contributed by atoms with Crippen molar-refractivity contribution in [3.05, 3.63) is 96.1 Å². The molecule has 144 valence electrons. The lowest BCUT2D eigenvalue weighted by molar-refractivity contribution is 0.169. The van der Waals surface area contributed by atoms with Gasteiger partial charge in [0, 0.05) is 0 Å². The van der Waals surface area contributed by atoms with Gasteiger partial charge in [-0.3, -0.25) is 0 Å². The third-order valence-corrected chi connectivity index (χ3v) is 11.1. The van der Waals surface area contributed by atoms with Crippen molar-refractivity contribution < 1.29 is 4.43 Å². The van der Waals surface area contributed by atoms with E-state index >= 15 is 0 Å². The molecule has 0 spiro atoms. The molecule has 0 N–H and O–H groups in total. The van der Waals surface area contributed by atoms with Crippen LogP contribution in [0.4, 0.5) is 0 Å². The smallest absolute Gasteiger partial charge is 0.261 e. The van der Waals surface area contributed by atoms with Crippen LogP contribution >= 0.6 is 0 Å². The minimum absolute atomic E-state index is 0.0160. The maximum Gasteiger partial charge on any atom is 0.261 e. The topological polar surface area (TPSA) is 9.23 Å². The van der Waals surface area contributed by atoms with Gasteiger partial charge in [-0.25, -0.2) is 0 Å². The first-order valence-corrected chi connectivity index (χ1v) is 12.3. The van der Waals surface area contributed by atoms with Crippen molar-refractivity contribution >= 4 is 18.7 Å². The second kappa shape index (κ2) is 7.69. The van der Waals surface area contributed by atoms with Crippen LogP contribution in [-0.2, 0) is 10.8 Å². The van der Waals surface area contributed by atoms with Crippen molar-refractivity contribution in [1.29, 1.82) is 0 Å². The summed E-state index contributed by atoms with van der Waals surface area (Å²) in [7, 11) is -2.51. The van der Waals surface area contributed by atoms with E-state index in [4.69, 9.17) is 4.43 Å². The van der Waals surface area contributed by atoms with Crippen molar-refractivity contribution in [3.8, 4) is 0 Å². The summed E-state index contributed by atoms with van der Waals surface area (Å²) in [6, 6.07) is 30.8. The Morgan fingerprint density at radius 1 is 0.750 bits per heavy atom. The molecular weight excluding hydrogens is 356 g/mol. The van der Waals surface area contributed by atoms with Gasteiger partial charge in [0.2, 0.25) is 0 Å². The molecule has 4 rings (SSSR count). The maximum absolute atomic E-state index is 7.38. The summed E-state index contributed by atoms with van der Waals surface area (Å²) in [5, 5.41) is 2.73. The first-order valence-electron chi connectivity index (χ1n) is 10.4. The van der Waals surface area contributed by atoms with E-state index < -0.39 is 8.32 Å². The first-order chi connectivity index (χ1) is 13.5. The third-order valence-electron chi connectivity index (χ3n) is 6.05. The molecule has 0 heterocycles. The van der Waals surface area contributed by atoms with E-state index in [0.29, 0.717) is 0 Å². The van der Waals surface area contributed by atoms with Gasteiger partial charge in [0.15, 0.2) is 0 Å². The molecule has 0 radical (unpaired) electrons. The maximum atomic E-state index is 7.38. The Morgan fingerprint density at radius 3 is 1.86 bits per heavy atom. The van der Waals surface area contributed by atoms with Gasteiger partial charge in [-0.2, -0.15) is 0 Å². The molecule has 2 heteroatoms. The first kappa shape index (κ1) is 19.2. The van der Waals surface area contributed by atoms with Crippen LogP contribution < -0.4 is 10.4 Å². The number of fused-ring (bicyclic) bond motifs is 1. The molecule has 1 aliphatic rings. The summed E-state index contributed by atoms with van der Waals surface area (Å²) >= 11 is 0. The van der Waals surface area contributed by atoms with Crippen molar-refractivity contribution in [3.63, 3.8) is 0 Å². The Bertz CT molecular complexity index is 872. The van der Waals surface area contributed by atoms with E-state index in [-0.39, 0.29) is 11.1 Å². The van der Waals surface area contributed by atoms with Gasteiger partial charge in [-0.05, 0) is 45.8 Å². The highest BCUT2D eigenvalue weighted by atomic mass is 28.4. The molecule has 0 saturated heterocycles. The number of aryl methyl sites for hydroxylation is 1. The average Bonchev–Trinajstić information content (AvgIpc) is 2.72. The third kappa shape index (κ3) is 3.36. The fourth-order valence-electron chi connectivity index (χ4n) is 4.74. The normalized spacial score (nSPS) is 17.2. The van der Waals surface area contributed by atoms with Gasteiger partial charge in [0.05, 0.1) is 6.10 Å². The summed E-state index contributed by atoms with van der Waals surface area (Å²) in [4.78, 5) is 0. The number of benzene rings is 3. The molecule has 3 aromatic rings. The number of hydrogen-bond acceptors (Lipinski definition) is 1. The van der Waals surface area contributed by atoms with Gasteiger partial charge >= 0.3 is 0 Å². The molecule has 1 unspecified atom stereocenters. The lowest BCUT2D eigenvalue weighted by atomic mass is 9.90. The van der Waals surface area contributed by atoms with E-state index in [1.54, 1.807) is 0 Å². The zero-order valence-corrected chi connectivity index (χ0v) is 18.2. The summed E-state index contributed by atoms with van der Waals surface area (Å²) in [5.41, 5.74) is 2.85. The fourth-order valence-corrected chi connectivity index (χ4v) is 9.42. The van der Waals surface area contributed by atoms with Gasteiger partial charge < -0.3 is 4.43 Å². The van der Waals surface area contributed by atoms with E-state index in [1.807, 2.05) is 0 Å². The second-order valence-corrected chi connectivity index (χ2v) is 13.1. The Morgan fingerprint density at radius 2 is 1.29 bits per heavy atom. The minimum Gasteiger partial charge on any atom is -0.400 e. The molecule has 0 aliphatic heterocycles. The molecule has 0 fully saturated rings. The standard InChI is InChI=1S/C26H30OSi/c1-26(2,3)28(22-15-6-4-7-16-22,23-17-8-5-9-18-23)27-25-20-12-14-21-13-10-11-19-24(21)25/h4-11,13,15-19,25H,12,14,20H2,1-3H3. The van der Waals surface area contributed by atoms with Crippen LogP contribution in [0.15, 0.2) is 84.9 Å². The molecule has 0 bridgehead atoms. The molecule has 1 atom stereocenters. The van der Waals surface area contributed by atoms with Gasteiger partial charge in [-0.15, -0.1) is 0 Å². The molecule has 3 aromatic carbocycles. The lowest BCUT2D eigenvalue weighted by Crippen LogP contribution is -2.67. The Kier molecular flexibility index (Phi) is 5.26. The molecule has 0 saturated carbocycles. The predicted octanol–water partition coefficient (Wildman–Crippen LogP) is 5.64. The highest BCUT2D eigenvalue weighted by Crippen LogP contribution is 2.42. The van der Waals surface area contributed by atoms with Gasteiger partial charge in [0.1, 0.15) is 0 Å². The number of rotatable bonds is 4. The molecule has 1 aliphatic carbocycles. The van der Waals surface area contributed by atoms with Crippen LogP contribution in [0, 0.1) is 0 Å². The summed E-state index contributed by atoms with van der Waals surface area (Å²) < 4.78 is 7.38. The van der Waals surface area contributed by atoms with Crippen molar-refractivity contribution in [2.75, 3.05) is 0 Å². The highest BCUT2D eigenvalue weighted by molar-refractivity contribution is 6.99. The summed E-state index contributed by atoms with van der Waals surface area (Å²) in [6.45, 7) is 7.07. The van der Waals surface area contributed by atoms with E-state index in [0.717, 1.165) is 12.8 Å². The van der Waals surface area contributed by atoms with E-state index in [1.165, 1.54) is 27.9 Å². The van der Waals surface area contributed by atoms with Crippen LogP contribution in [0.1, 0.15) is 50.8 Å². The van der Waals surface area contributed by atoms with Crippen LogP contribution in [0.25, 0.3) is 0 Å². The molecule has 1 nitrogen and oxygen atoms in total. The lowest BCUT2D eigenvalue weighted by Gasteiger charge is -2.46. The van der Waals surface area contributed by atoms with Crippen LogP contribution in [0.3, 0.4) is 0 Å². The zero-order chi connectivity index (χ0) is 19.6. The average molecular weight is 387 g/mol. The molecule has 0 aromatic heterocycles.